The van der Waals surface area contributed by atoms with Crippen molar-refractivity contribution in [1.82, 2.24) is 0 Å². The number of rotatable bonds is 1. The fourth-order valence-corrected chi connectivity index (χ4v) is 1.52. The molecule has 0 saturated heterocycles. The van der Waals surface area contributed by atoms with Gasteiger partial charge in [0.1, 0.15) is 0 Å². The van der Waals surface area contributed by atoms with E-state index in [1.165, 1.54) is 6.92 Å². The minimum atomic E-state index is -0.0121. The van der Waals surface area contributed by atoms with Gasteiger partial charge in [-0.1, -0.05) is 17.7 Å². The SMILES string of the molecule is CC(=O)c1ccc(C)c(Cl)c1S. The maximum absolute atomic E-state index is 11.0. The second-order valence-electron chi connectivity index (χ2n) is 2.65. The molecule has 3 heteroatoms. The molecule has 0 fully saturated rings. The molecule has 0 aromatic heterocycles. The second kappa shape index (κ2) is 3.50. The summed E-state index contributed by atoms with van der Waals surface area (Å²) < 4.78 is 0. The fourth-order valence-electron chi connectivity index (χ4n) is 0.950. The lowest BCUT2D eigenvalue weighted by atomic mass is 10.1. The molecule has 1 nitrogen and oxygen atoms in total. The van der Waals surface area contributed by atoms with E-state index < -0.39 is 0 Å². The lowest BCUT2D eigenvalue weighted by Crippen LogP contribution is -1.95. The van der Waals surface area contributed by atoms with E-state index in [-0.39, 0.29) is 5.78 Å². The molecule has 64 valence electrons. The molecule has 0 aliphatic carbocycles. The molecule has 0 N–H and O–H groups in total. The van der Waals surface area contributed by atoms with E-state index in [4.69, 9.17) is 11.6 Å². The minimum absolute atomic E-state index is 0.0121. The van der Waals surface area contributed by atoms with E-state index >= 15 is 0 Å². The van der Waals surface area contributed by atoms with Gasteiger partial charge in [0.05, 0.1) is 5.02 Å². The molecule has 0 amide bonds. The lowest BCUT2D eigenvalue weighted by molar-refractivity contribution is 0.101. The van der Waals surface area contributed by atoms with Gasteiger partial charge in [-0.3, -0.25) is 4.79 Å². The Morgan fingerprint density at radius 3 is 2.58 bits per heavy atom. The highest BCUT2D eigenvalue weighted by atomic mass is 35.5. The van der Waals surface area contributed by atoms with Gasteiger partial charge in [0.15, 0.2) is 5.78 Å². The summed E-state index contributed by atoms with van der Waals surface area (Å²) in [6.45, 7) is 3.38. The third kappa shape index (κ3) is 1.65. The maximum atomic E-state index is 11.0. The number of thiol groups is 1. The van der Waals surface area contributed by atoms with Crippen LogP contribution in [0.1, 0.15) is 22.8 Å². The molecule has 1 rings (SSSR count). The normalized spacial score (nSPS) is 10.0. The maximum Gasteiger partial charge on any atom is 0.160 e. The van der Waals surface area contributed by atoms with Crippen LogP contribution < -0.4 is 0 Å². The number of halogens is 1. The van der Waals surface area contributed by atoms with Gasteiger partial charge in [-0.15, -0.1) is 12.6 Å². The van der Waals surface area contributed by atoms with E-state index in [2.05, 4.69) is 12.6 Å². The van der Waals surface area contributed by atoms with E-state index in [1.54, 1.807) is 6.07 Å². The summed E-state index contributed by atoms with van der Waals surface area (Å²) in [5, 5.41) is 0.561. The first-order valence-corrected chi connectivity index (χ1v) is 4.35. The van der Waals surface area contributed by atoms with E-state index in [1.807, 2.05) is 13.0 Å². The number of hydrogen-bond acceptors (Lipinski definition) is 2. The van der Waals surface area contributed by atoms with Gasteiger partial charge in [0.25, 0.3) is 0 Å². The largest absolute Gasteiger partial charge is 0.294 e. The average Bonchev–Trinajstić information content (AvgIpc) is 2.00. The van der Waals surface area contributed by atoms with E-state index in [9.17, 15) is 4.79 Å². The molecule has 1 aromatic carbocycles. The molecule has 0 radical (unpaired) electrons. The molecule has 0 aliphatic heterocycles. The predicted octanol–water partition coefficient (Wildman–Crippen LogP) is 3.14. The highest BCUT2D eigenvalue weighted by Crippen LogP contribution is 2.27. The van der Waals surface area contributed by atoms with Crippen molar-refractivity contribution in [2.45, 2.75) is 18.7 Å². The van der Waals surface area contributed by atoms with Gasteiger partial charge in [-0.25, -0.2) is 0 Å². The Labute approximate surface area is 82.1 Å². The molecular formula is C9H9ClOS. The first-order valence-electron chi connectivity index (χ1n) is 3.53. The van der Waals surface area contributed by atoms with Gasteiger partial charge in [-0.2, -0.15) is 0 Å². The van der Waals surface area contributed by atoms with Crippen molar-refractivity contribution in [3.63, 3.8) is 0 Å². The molecule has 0 aliphatic rings. The third-order valence-corrected chi connectivity index (χ3v) is 2.77. The Kier molecular flexibility index (Phi) is 2.80. The summed E-state index contributed by atoms with van der Waals surface area (Å²) in [5.74, 6) is -0.0121. The molecule has 0 atom stereocenters. The highest BCUT2D eigenvalue weighted by Gasteiger charge is 2.08. The zero-order valence-electron chi connectivity index (χ0n) is 6.89. The number of hydrogen-bond donors (Lipinski definition) is 1. The van der Waals surface area contributed by atoms with Crippen LogP contribution >= 0.6 is 24.2 Å². The summed E-state index contributed by atoms with van der Waals surface area (Å²) in [4.78, 5) is 11.6. The molecule has 0 heterocycles. The Morgan fingerprint density at radius 2 is 2.08 bits per heavy atom. The molecule has 0 bridgehead atoms. The zero-order valence-corrected chi connectivity index (χ0v) is 8.54. The Morgan fingerprint density at radius 1 is 1.50 bits per heavy atom. The van der Waals surface area contributed by atoms with Crippen LogP contribution in [0.2, 0.25) is 5.02 Å². The summed E-state index contributed by atoms with van der Waals surface area (Å²) in [7, 11) is 0. The van der Waals surface area contributed by atoms with Crippen LogP contribution in [0.5, 0.6) is 0 Å². The zero-order chi connectivity index (χ0) is 9.30. The second-order valence-corrected chi connectivity index (χ2v) is 3.47. The molecular weight excluding hydrogens is 192 g/mol. The summed E-state index contributed by atoms with van der Waals surface area (Å²) in [6, 6.07) is 3.56. The standard InChI is InChI=1S/C9H9ClOS/c1-5-3-4-7(6(2)11)9(12)8(5)10/h3-4,12H,1-2H3. The number of carbonyl (C=O) groups excluding carboxylic acids is 1. The number of ketones is 1. The number of Topliss-reactive ketones (excluding diaryl/α,β-unsaturated/α-hetero) is 1. The number of carbonyl (C=O) groups is 1. The van der Waals surface area contributed by atoms with Crippen LogP contribution in [0.25, 0.3) is 0 Å². The quantitative estimate of drug-likeness (QED) is 0.545. The van der Waals surface area contributed by atoms with Crippen LogP contribution in [0.4, 0.5) is 0 Å². The summed E-state index contributed by atoms with van der Waals surface area (Å²) >= 11 is 10.1. The van der Waals surface area contributed by atoms with Crippen molar-refractivity contribution in [1.29, 1.82) is 0 Å². The molecule has 1 aromatic rings. The van der Waals surface area contributed by atoms with Crippen LogP contribution in [0.15, 0.2) is 17.0 Å². The van der Waals surface area contributed by atoms with Crippen LogP contribution in [-0.2, 0) is 0 Å². The Hall–Kier alpha value is -0.470. The topological polar surface area (TPSA) is 17.1 Å². The summed E-state index contributed by atoms with van der Waals surface area (Å²) in [5.41, 5.74) is 1.51. The molecule has 0 unspecified atom stereocenters. The minimum Gasteiger partial charge on any atom is -0.294 e. The number of benzene rings is 1. The number of aryl methyl sites for hydroxylation is 1. The van der Waals surface area contributed by atoms with Gasteiger partial charge in [0, 0.05) is 10.5 Å². The smallest absolute Gasteiger partial charge is 0.160 e. The van der Waals surface area contributed by atoms with E-state index in [0.29, 0.717) is 15.5 Å². The van der Waals surface area contributed by atoms with Crippen LogP contribution in [0, 0.1) is 6.92 Å². The van der Waals surface area contributed by atoms with Crippen molar-refractivity contribution in [2.24, 2.45) is 0 Å². The Bertz CT molecular complexity index is 334. The summed E-state index contributed by atoms with van der Waals surface area (Å²) in [6.07, 6.45) is 0. The van der Waals surface area contributed by atoms with Gasteiger partial charge < -0.3 is 0 Å². The molecule has 0 spiro atoms. The van der Waals surface area contributed by atoms with Crippen molar-refractivity contribution in [3.8, 4) is 0 Å². The average molecular weight is 201 g/mol. The molecule has 0 saturated carbocycles. The Balaban J connectivity index is 3.36. The third-order valence-electron chi connectivity index (χ3n) is 1.69. The van der Waals surface area contributed by atoms with Crippen molar-refractivity contribution >= 4 is 30.0 Å². The van der Waals surface area contributed by atoms with Crippen molar-refractivity contribution in [3.05, 3.63) is 28.3 Å². The van der Waals surface area contributed by atoms with Crippen LogP contribution in [0.3, 0.4) is 0 Å². The van der Waals surface area contributed by atoms with Gasteiger partial charge in [0.2, 0.25) is 0 Å². The van der Waals surface area contributed by atoms with Gasteiger partial charge >= 0.3 is 0 Å². The molecule has 12 heavy (non-hydrogen) atoms. The lowest BCUT2D eigenvalue weighted by Gasteiger charge is -2.05. The van der Waals surface area contributed by atoms with Crippen molar-refractivity contribution < 1.29 is 4.79 Å². The first kappa shape index (κ1) is 9.62. The van der Waals surface area contributed by atoms with Crippen LogP contribution in [-0.4, -0.2) is 5.78 Å². The highest BCUT2D eigenvalue weighted by molar-refractivity contribution is 7.80. The van der Waals surface area contributed by atoms with Gasteiger partial charge in [-0.05, 0) is 25.5 Å². The van der Waals surface area contributed by atoms with Crippen molar-refractivity contribution in [2.75, 3.05) is 0 Å². The fraction of sp³-hybridized carbons (Fsp3) is 0.222. The van der Waals surface area contributed by atoms with E-state index in [0.717, 1.165) is 5.56 Å². The predicted molar refractivity (Wildman–Crippen MR) is 53.4 cm³/mol. The first-order chi connectivity index (χ1) is 5.54. The monoisotopic (exact) mass is 200 g/mol.